The first-order valence-corrected chi connectivity index (χ1v) is 6.76. The standard InChI is InChI=1S/C16H11F3O5/c1-15(12(21)11(20)14(22)24-15)9-4-2-3-8(7-9)10-5-6-23-13(10)16(17,18)19/h2-7,20-21H,1H3. The molecule has 1 aromatic heterocycles. The molecule has 0 saturated carbocycles. The van der Waals surface area contributed by atoms with Gasteiger partial charge in [-0.25, -0.2) is 4.79 Å². The Bertz CT molecular complexity index is 849. The SMILES string of the molecule is CC1(c2cccc(-c3ccoc3C(F)(F)F)c2)OC(=O)C(O)=C1O. The summed E-state index contributed by atoms with van der Waals surface area (Å²) in [7, 11) is 0. The average Bonchev–Trinajstić information content (AvgIpc) is 3.09. The molecule has 8 heteroatoms. The number of aliphatic hydroxyl groups is 2. The Morgan fingerprint density at radius 2 is 1.88 bits per heavy atom. The van der Waals surface area contributed by atoms with E-state index in [2.05, 4.69) is 4.42 Å². The first-order chi connectivity index (χ1) is 11.1. The van der Waals surface area contributed by atoms with Crippen molar-refractivity contribution in [3.63, 3.8) is 0 Å². The van der Waals surface area contributed by atoms with E-state index in [1.54, 1.807) is 0 Å². The highest BCUT2D eigenvalue weighted by Crippen LogP contribution is 2.42. The number of halogens is 3. The molecule has 0 aliphatic carbocycles. The molecule has 1 atom stereocenters. The van der Waals surface area contributed by atoms with Gasteiger partial charge >= 0.3 is 12.1 Å². The molecular weight excluding hydrogens is 329 g/mol. The largest absolute Gasteiger partial charge is 0.505 e. The van der Waals surface area contributed by atoms with Crippen LogP contribution in [0.4, 0.5) is 13.2 Å². The third kappa shape index (κ3) is 2.31. The summed E-state index contributed by atoms with van der Waals surface area (Å²) in [4.78, 5) is 11.4. The molecule has 1 aliphatic rings. The van der Waals surface area contributed by atoms with Gasteiger partial charge in [0.25, 0.3) is 0 Å². The van der Waals surface area contributed by atoms with E-state index < -0.39 is 35.0 Å². The number of ether oxygens (including phenoxy) is 1. The van der Waals surface area contributed by atoms with Crippen molar-refractivity contribution in [2.45, 2.75) is 18.7 Å². The van der Waals surface area contributed by atoms with E-state index in [1.165, 1.54) is 31.2 Å². The fraction of sp³-hybridized carbons (Fsp3) is 0.188. The van der Waals surface area contributed by atoms with Crippen molar-refractivity contribution >= 4 is 5.97 Å². The van der Waals surface area contributed by atoms with Crippen LogP contribution in [0.15, 0.2) is 52.5 Å². The van der Waals surface area contributed by atoms with Gasteiger partial charge in [0, 0.05) is 11.1 Å². The number of esters is 1. The van der Waals surface area contributed by atoms with Crippen molar-refractivity contribution in [3.05, 3.63) is 59.4 Å². The summed E-state index contributed by atoms with van der Waals surface area (Å²) in [6.45, 7) is 1.32. The van der Waals surface area contributed by atoms with Crippen LogP contribution in [0.5, 0.6) is 0 Å². The molecule has 0 fully saturated rings. The minimum Gasteiger partial charge on any atom is -0.505 e. The number of cyclic esters (lactones) is 1. The molecule has 1 aliphatic heterocycles. The van der Waals surface area contributed by atoms with Gasteiger partial charge in [0.15, 0.2) is 11.4 Å². The van der Waals surface area contributed by atoms with Gasteiger partial charge in [0.05, 0.1) is 6.26 Å². The second-order valence-corrected chi connectivity index (χ2v) is 5.36. The maximum absolute atomic E-state index is 13.0. The normalized spacial score (nSPS) is 21.2. The van der Waals surface area contributed by atoms with E-state index in [-0.39, 0.29) is 16.7 Å². The van der Waals surface area contributed by atoms with Crippen LogP contribution in [0, 0.1) is 0 Å². The van der Waals surface area contributed by atoms with Gasteiger partial charge in [-0.05, 0) is 24.6 Å². The lowest BCUT2D eigenvalue weighted by Crippen LogP contribution is -2.25. The van der Waals surface area contributed by atoms with Crippen LogP contribution in [-0.2, 0) is 21.3 Å². The Morgan fingerprint density at radius 1 is 1.17 bits per heavy atom. The van der Waals surface area contributed by atoms with Crippen LogP contribution in [0.1, 0.15) is 18.2 Å². The summed E-state index contributed by atoms with van der Waals surface area (Å²) >= 11 is 0. The average molecular weight is 340 g/mol. The fourth-order valence-corrected chi connectivity index (χ4v) is 2.54. The van der Waals surface area contributed by atoms with Crippen molar-refractivity contribution in [1.29, 1.82) is 0 Å². The Balaban J connectivity index is 2.10. The van der Waals surface area contributed by atoms with Gasteiger partial charge in [0.1, 0.15) is 0 Å². The number of rotatable bonds is 2. The van der Waals surface area contributed by atoms with Crippen molar-refractivity contribution in [3.8, 4) is 11.1 Å². The molecule has 0 spiro atoms. The van der Waals surface area contributed by atoms with Gasteiger partial charge in [-0.1, -0.05) is 18.2 Å². The summed E-state index contributed by atoms with van der Waals surface area (Å²) in [6.07, 6.45) is -3.75. The van der Waals surface area contributed by atoms with Gasteiger partial charge in [0.2, 0.25) is 11.5 Å². The van der Waals surface area contributed by atoms with E-state index in [1.807, 2.05) is 0 Å². The second kappa shape index (κ2) is 5.05. The quantitative estimate of drug-likeness (QED) is 0.806. The van der Waals surface area contributed by atoms with E-state index in [9.17, 15) is 28.2 Å². The third-order valence-electron chi connectivity index (χ3n) is 3.81. The Kier molecular flexibility index (Phi) is 3.36. The number of aliphatic hydroxyl groups excluding tert-OH is 2. The Labute approximate surface area is 133 Å². The summed E-state index contributed by atoms with van der Waals surface area (Å²) < 4.78 is 48.4. The first-order valence-electron chi connectivity index (χ1n) is 6.76. The zero-order chi connectivity index (χ0) is 17.7. The molecule has 0 bridgehead atoms. The smallest absolute Gasteiger partial charge is 0.450 e. The lowest BCUT2D eigenvalue weighted by Gasteiger charge is -2.23. The maximum atomic E-state index is 13.0. The predicted molar refractivity (Wildman–Crippen MR) is 74.9 cm³/mol. The number of carbonyl (C=O) groups excluding carboxylic acids is 1. The molecule has 1 aromatic carbocycles. The second-order valence-electron chi connectivity index (χ2n) is 5.36. The number of hydrogen-bond donors (Lipinski definition) is 2. The van der Waals surface area contributed by atoms with Crippen molar-refractivity contribution in [1.82, 2.24) is 0 Å². The molecule has 2 aromatic rings. The molecular formula is C16H11F3O5. The molecule has 126 valence electrons. The topological polar surface area (TPSA) is 79.9 Å². The molecule has 0 radical (unpaired) electrons. The Morgan fingerprint density at radius 3 is 2.46 bits per heavy atom. The molecule has 0 saturated heterocycles. The Hall–Kier alpha value is -2.90. The van der Waals surface area contributed by atoms with Crippen LogP contribution < -0.4 is 0 Å². The molecule has 2 N–H and O–H groups in total. The van der Waals surface area contributed by atoms with E-state index in [4.69, 9.17) is 4.74 Å². The van der Waals surface area contributed by atoms with Crippen LogP contribution in [0.25, 0.3) is 11.1 Å². The lowest BCUT2D eigenvalue weighted by atomic mass is 9.91. The molecule has 2 heterocycles. The van der Waals surface area contributed by atoms with E-state index in [0.717, 1.165) is 12.3 Å². The van der Waals surface area contributed by atoms with Crippen molar-refractivity contribution < 1.29 is 37.3 Å². The molecule has 5 nitrogen and oxygen atoms in total. The third-order valence-corrected chi connectivity index (χ3v) is 3.81. The lowest BCUT2D eigenvalue weighted by molar-refractivity contribution is -0.152. The number of benzene rings is 1. The highest BCUT2D eigenvalue weighted by atomic mass is 19.4. The molecule has 3 rings (SSSR count). The van der Waals surface area contributed by atoms with Crippen LogP contribution in [0.2, 0.25) is 0 Å². The highest BCUT2D eigenvalue weighted by Gasteiger charge is 2.47. The minimum absolute atomic E-state index is 0.157. The fourth-order valence-electron chi connectivity index (χ4n) is 2.54. The zero-order valence-corrected chi connectivity index (χ0v) is 12.2. The van der Waals surface area contributed by atoms with E-state index in [0.29, 0.717) is 0 Å². The zero-order valence-electron chi connectivity index (χ0n) is 12.2. The molecule has 24 heavy (non-hydrogen) atoms. The van der Waals surface area contributed by atoms with Crippen LogP contribution in [-0.4, -0.2) is 16.2 Å². The summed E-state index contributed by atoms with van der Waals surface area (Å²) in [5.74, 6) is -3.90. The van der Waals surface area contributed by atoms with Crippen LogP contribution in [0.3, 0.4) is 0 Å². The van der Waals surface area contributed by atoms with Crippen molar-refractivity contribution in [2.24, 2.45) is 0 Å². The monoisotopic (exact) mass is 340 g/mol. The predicted octanol–water partition coefficient (Wildman–Crippen LogP) is 4.07. The molecule has 1 unspecified atom stereocenters. The van der Waals surface area contributed by atoms with Gasteiger partial charge in [-0.2, -0.15) is 13.2 Å². The number of hydrogen-bond acceptors (Lipinski definition) is 5. The maximum Gasteiger partial charge on any atom is 0.450 e. The molecule has 0 amide bonds. The van der Waals surface area contributed by atoms with Crippen molar-refractivity contribution in [2.75, 3.05) is 0 Å². The number of alkyl halides is 3. The summed E-state index contributed by atoms with van der Waals surface area (Å²) in [6, 6.07) is 6.81. The van der Waals surface area contributed by atoms with Gasteiger partial charge in [-0.15, -0.1) is 0 Å². The van der Waals surface area contributed by atoms with E-state index >= 15 is 0 Å². The summed E-state index contributed by atoms with van der Waals surface area (Å²) in [5.41, 5.74) is -1.52. The van der Waals surface area contributed by atoms with Crippen LogP contribution >= 0.6 is 0 Å². The number of carbonyl (C=O) groups is 1. The number of furan rings is 1. The highest BCUT2D eigenvalue weighted by molar-refractivity contribution is 5.90. The van der Waals surface area contributed by atoms with Gasteiger partial charge in [-0.3, -0.25) is 0 Å². The van der Waals surface area contributed by atoms with Gasteiger partial charge < -0.3 is 19.4 Å². The first kappa shape index (κ1) is 16.0. The summed E-state index contributed by atoms with van der Waals surface area (Å²) in [5, 5.41) is 19.4. The minimum atomic E-state index is -4.67.